The highest BCUT2D eigenvalue weighted by atomic mass is 35.5. The Labute approximate surface area is 171 Å². The summed E-state index contributed by atoms with van der Waals surface area (Å²) in [5.41, 5.74) is 2.11. The minimum absolute atomic E-state index is 0.0446. The molecule has 3 rings (SSSR count). The Balaban J connectivity index is 1.99. The molecule has 2 aromatic carbocycles. The van der Waals surface area contributed by atoms with Crippen LogP contribution in [0.3, 0.4) is 0 Å². The molecule has 7 heteroatoms. The number of imidazole rings is 1. The van der Waals surface area contributed by atoms with Gasteiger partial charge < -0.3 is 4.57 Å². The number of nitrogens with one attached hydrogen (secondary N) is 1. The van der Waals surface area contributed by atoms with Crippen molar-refractivity contribution in [2.45, 2.75) is 44.4 Å². The fraction of sp³-hybridized carbons (Fsp3) is 0.286. The van der Waals surface area contributed by atoms with Crippen LogP contribution in [0.5, 0.6) is 0 Å². The number of sulfonamides is 1. The van der Waals surface area contributed by atoms with Crippen molar-refractivity contribution in [1.82, 2.24) is 9.55 Å². The van der Waals surface area contributed by atoms with Crippen LogP contribution in [0.1, 0.15) is 39.1 Å². The molecule has 0 aliphatic heterocycles. The van der Waals surface area contributed by atoms with Crippen molar-refractivity contribution in [1.29, 1.82) is 0 Å². The molecular formula is C21H24ClN3O2S. The van der Waals surface area contributed by atoms with Crippen molar-refractivity contribution >= 4 is 27.3 Å². The molecule has 0 aliphatic carbocycles. The first-order valence-electron chi connectivity index (χ1n) is 9.07. The van der Waals surface area contributed by atoms with Gasteiger partial charge in [-0.2, -0.15) is 0 Å². The minimum atomic E-state index is -3.75. The predicted molar refractivity (Wildman–Crippen MR) is 114 cm³/mol. The molecule has 0 spiro atoms. The second-order valence-corrected chi connectivity index (χ2v) is 9.73. The Hall–Kier alpha value is -2.31. The Bertz CT molecular complexity index is 1080. The van der Waals surface area contributed by atoms with Crippen LogP contribution in [0.15, 0.2) is 59.8 Å². The summed E-state index contributed by atoms with van der Waals surface area (Å²) in [6.45, 7) is 8.26. The summed E-state index contributed by atoms with van der Waals surface area (Å²) in [7, 11) is -3.75. The molecular weight excluding hydrogens is 394 g/mol. The number of anilines is 1. The average Bonchev–Trinajstić information content (AvgIpc) is 3.11. The highest BCUT2D eigenvalue weighted by Crippen LogP contribution is 2.29. The molecule has 1 heterocycles. The number of rotatable bonds is 5. The van der Waals surface area contributed by atoms with Gasteiger partial charge in [-0.05, 0) is 41.3 Å². The Morgan fingerprint density at radius 1 is 1.11 bits per heavy atom. The molecule has 0 aliphatic rings. The monoisotopic (exact) mass is 417 g/mol. The van der Waals surface area contributed by atoms with E-state index in [4.69, 9.17) is 11.6 Å². The lowest BCUT2D eigenvalue weighted by atomic mass is 9.87. The fourth-order valence-electron chi connectivity index (χ4n) is 2.94. The van der Waals surface area contributed by atoms with Gasteiger partial charge in [0.2, 0.25) is 0 Å². The van der Waals surface area contributed by atoms with Gasteiger partial charge in [0.25, 0.3) is 10.0 Å². The SMILES string of the molecule is CCc1nccn1-c1cc(Cl)ccc1NS(=O)(=O)c1ccc(C(C)(C)C)cc1. The summed E-state index contributed by atoms with van der Waals surface area (Å²) >= 11 is 6.17. The van der Waals surface area contributed by atoms with Gasteiger partial charge in [0, 0.05) is 23.8 Å². The molecule has 148 valence electrons. The van der Waals surface area contributed by atoms with E-state index in [0.29, 0.717) is 22.8 Å². The van der Waals surface area contributed by atoms with E-state index in [-0.39, 0.29) is 10.3 Å². The molecule has 0 saturated heterocycles. The summed E-state index contributed by atoms with van der Waals surface area (Å²) < 4.78 is 30.4. The molecule has 3 aromatic rings. The minimum Gasteiger partial charge on any atom is -0.302 e. The quantitative estimate of drug-likeness (QED) is 0.621. The molecule has 1 N–H and O–H groups in total. The van der Waals surface area contributed by atoms with Crippen LogP contribution in [-0.2, 0) is 21.9 Å². The molecule has 0 fully saturated rings. The first kappa shape index (κ1) is 20.4. The van der Waals surface area contributed by atoms with Crippen LogP contribution < -0.4 is 4.72 Å². The molecule has 0 radical (unpaired) electrons. The van der Waals surface area contributed by atoms with E-state index in [2.05, 4.69) is 30.5 Å². The van der Waals surface area contributed by atoms with Crippen molar-refractivity contribution in [2.75, 3.05) is 4.72 Å². The molecule has 0 atom stereocenters. The van der Waals surface area contributed by atoms with E-state index >= 15 is 0 Å². The van der Waals surface area contributed by atoms with Crippen LogP contribution in [0.2, 0.25) is 5.02 Å². The Morgan fingerprint density at radius 2 is 1.79 bits per heavy atom. The lowest BCUT2D eigenvalue weighted by molar-refractivity contribution is 0.587. The maximum Gasteiger partial charge on any atom is 0.261 e. The van der Waals surface area contributed by atoms with E-state index in [0.717, 1.165) is 11.4 Å². The molecule has 0 amide bonds. The van der Waals surface area contributed by atoms with Gasteiger partial charge in [0.05, 0.1) is 16.3 Å². The summed E-state index contributed by atoms with van der Waals surface area (Å²) in [6, 6.07) is 12.0. The second-order valence-electron chi connectivity index (χ2n) is 7.61. The van der Waals surface area contributed by atoms with E-state index in [1.54, 1.807) is 42.7 Å². The molecule has 5 nitrogen and oxygen atoms in total. The summed E-state index contributed by atoms with van der Waals surface area (Å²) in [5, 5.41) is 0.517. The van der Waals surface area contributed by atoms with Gasteiger partial charge in [-0.1, -0.05) is 51.4 Å². The topological polar surface area (TPSA) is 64.0 Å². The average molecular weight is 418 g/mol. The smallest absolute Gasteiger partial charge is 0.261 e. The zero-order valence-electron chi connectivity index (χ0n) is 16.4. The van der Waals surface area contributed by atoms with Crippen LogP contribution in [0.4, 0.5) is 5.69 Å². The summed E-state index contributed by atoms with van der Waals surface area (Å²) in [6.07, 6.45) is 4.18. The van der Waals surface area contributed by atoms with Crippen molar-refractivity contribution in [3.05, 3.63) is 71.3 Å². The Kier molecular flexibility index (Phi) is 5.55. The summed E-state index contributed by atoms with van der Waals surface area (Å²) in [4.78, 5) is 4.52. The van der Waals surface area contributed by atoms with Gasteiger partial charge in [0.15, 0.2) is 0 Å². The van der Waals surface area contributed by atoms with E-state index in [1.165, 1.54) is 0 Å². The van der Waals surface area contributed by atoms with Crippen LogP contribution in [0, 0.1) is 0 Å². The molecule has 28 heavy (non-hydrogen) atoms. The van der Waals surface area contributed by atoms with Crippen molar-refractivity contribution in [3.63, 3.8) is 0 Å². The third kappa shape index (κ3) is 4.23. The molecule has 0 bridgehead atoms. The molecule has 0 saturated carbocycles. The van der Waals surface area contributed by atoms with E-state index < -0.39 is 10.0 Å². The fourth-order valence-corrected chi connectivity index (χ4v) is 4.18. The van der Waals surface area contributed by atoms with Gasteiger partial charge >= 0.3 is 0 Å². The number of benzene rings is 2. The normalized spacial score (nSPS) is 12.2. The van der Waals surface area contributed by atoms with Crippen LogP contribution >= 0.6 is 11.6 Å². The van der Waals surface area contributed by atoms with Gasteiger partial charge in [-0.3, -0.25) is 4.72 Å². The zero-order valence-corrected chi connectivity index (χ0v) is 18.0. The van der Waals surface area contributed by atoms with Crippen molar-refractivity contribution in [3.8, 4) is 5.69 Å². The number of hydrogen-bond acceptors (Lipinski definition) is 3. The Morgan fingerprint density at radius 3 is 2.39 bits per heavy atom. The number of aromatic nitrogens is 2. The second kappa shape index (κ2) is 7.60. The van der Waals surface area contributed by atoms with Crippen LogP contribution in [-0.4, -0.2) is 18.0 Å². The van der Waals surface area contributed by atoms with Gasteiger partial charge in [0.1, 0.15) is 5.82 Å². The number of hydrogen-bond donors (Lipinski definition) is 1. The predicted octanol–water partition coefficient (Wildman–Crippen LogP) is 5.19. The standard InChI is InChI=1S/C21H24ClN3O2S/c1-5-20-23-12-13-25(20)19-14-16(22)8-11-18(19)24-28(26,27)17-9-6-15(7-10-17)21(2,3)4/h6-14,24H,5H2,1-4H3. The number of nitrogens with zero attached hydrogens (tertiary/aromatic N) is 2. The first-order valence-corrected chi connectivity index (χ1v) is 10.9. The molecule has 0 unspecified atom stereocenters. The maximum absolute atomic E-state index is 13.0. The largest absolute Gasteiger partial charge is 0.302 e. The maximum atomic E-state index is 13.0. The lowest BCUT2D eigenvalue weighted by Crippen LogP contribution is -2.16. The molecule has 1 aromatic heterocycles. The first-order chi connectivity index (χ1) is 13.1. The van der Waals surface area contributed by atoms with Crippen molar-refractivity contribution in [2.24, 2.45) is 0 Å². The zero-order chi connectivity index (χ0) is 20.5. The third-order valence-electron chi connectivity index (χ3n) is 4.53. The van der Waals surface area contributed by atoms with Crippen LogP contribution in [0.25, 0.3) is 5.69 Å². The lowest BCUT2D eigenvalue weighted by Gasteiger charge is -2.19. The number of aryl methyl sites for hydroxylation is 1. The van der Waals surface area contributed by atoms with Gasteiger partial charge in [-0.25, -0.2) is 13.4 Å². The summed E-state index contributed by atoms with van der Waals surface area (Å²) in [5.74, 6) is 0.817. The highest BCUT2D eigenvalue weighted by molar-refractivity contribution is 7.92. The third-order valence-corrected chi connectivity index (χ3v) is 6.14. The number of halogens is 1. The van der Waals surface area contributed by atoms with Gasteiger partial charge in [-0.15, -0.1) is 0 Å². The van der Waals surface area contributed by atoms with Crippen molar-refractivity contribution < 1.29 is 8.42 Å². The van der Waals surface area contributed by atoms with E-state index in [9.17, 15) is 8.42 Å². The van der Waals surface area contributed by atoms with E-state index in [1.807, 2.05) is 23.6 Å². The highest BCUT2D eigenvalue weighted by Gasteiger charge is 2.20.